The molecule has 0 spiro atoms. The molecule has 0 atom stereocenters. The minimum atomic E-state index is -0.350. The third-order valence-electron chi connectivity index (χ3n) is 4.38. The van der Waals surface area contributed by atoms with Gasteiger partial charge in [-0.05, 0) is 47.2 Å². The molecule has 28 heavy (non-hydrogen) atoms. The second kappa shape index (κ2) is 9.26. The Balaban J connectivity index is 1.86. The number of rotatable bonds is 6. The van der Waals surface area contributed by atoms with Crippen molar-refractivity contribution in [2.24, 2.45) is 0 Å². The summed E-state index contributed by atoms with van der Waals surface area (Å²) in [4.78, 5) is 24.3. The topological polar surface area (TPSA) is 76.7 Å². The molecule has 2 aromatic carbocycles. The second-order valence-electron chi connectivity index (χ2n) is 7.55. The van der Waals surface area contributed by atoms with E-state index in [2.05, 4.69) is 31.6 Å². The van der Waals surface area contributed by atoms with Crippen LogP contribution in [0.3, 0.4) is 0 Å². The monoisotopic (exact) mass is 384 g/mol. The Morgan fingerprint density at radius 1 is 0.893 bits per heavy atom. The van der Waals surface area contributed by atoms with Crippen LogP contribution in [-0.4, -0.2) is 26.0 Å². The molecular formula is C22H28N2O4. The van der Waals surface area contributed by atoms with Crippen molar-refractivity contribution in [1.82, 2.24) is 10.9 Å². The number of amides is 2. The van der Waals surface area contributed by atoms with Gasteiger partial charge in [-0.1, -0.05) is 32.9 Å². The number of nitrogens with one attached hydrogen (secondary N) is 2. The largest absolute Gasteiger partial charge is 0.497 e. The Labute approximate surface area is 166 Å². The van der Waals surface area contributed by atoms with Crippen LogP contribution in [0.2, 0.25) is 0 Å². The van der Waals surface area contributed by atoms with E-state index in [0.717, 1.165) is 11.1 Å². The van der Waals surface area contributed by atoms with Crippen LogP contribution in [0.5, 0.6) is 11.5 Å². The van der Waals surface area contributed by atoms with E-state index in [4.69, 9.17) is 9.47 Å². The first-order valence-electron chi connectivity index (χ1n) is 9.14. The molecule has 2 N–H and O–H groups in total. The van der Waals surface area contributed by atoms with Crippen molar-refractivity contribution < 1.29 is 19.1 Å². The second-order valence-corrected chi connectivity index (χ2v) is 7.55. The number of methoxy groups -OCH3 is 2. The highest BCUT2D eigenvalue weighted by atomic mass is 16.5. The zero-order chi connectivity index (χ0) is 20.7. The molecule has 150 valence electrons. The van der Waals surface area contributed by atoms with Gasteiger partial charge in [-0.2, -0.15) is 0 Å². The van der Waals surface area contributed by atoms with Crippen LogP contribution in [0.15, 0.2) is 42.5 Å². The lowest BCUT2D eigenvalue weighted by molar-refractivity contribution is -0.121. The normalized spacial score (nSPS) is 10.9. The van der Waals surface area contributed by atoms with E-state index in [9.17, 15) is 9.59 Å². The van der Waals surface area contributed by atoms with Gasteiger partial charge < -0.3 is 9.47 Å². The molecule has 2 rings (SSSR count). The average molecular weight is 384 g/mol. The van der Waals surface area contributed by atoms with Crippen LogP contribution in [0.4, 0.5) is 0 Å². The van der Waals surface area contributed by atoms with Crippen molar-refractivity contribution in [2.45, 2.75) is 39.0 Å². The Morgan fingerprint density at radius 3 is 1.96 bits per heavy atom. The van der Waals surface area contributed by atoms with Gasteiger partial charge in [-0.15, -0.1) is 0 Å². The lowest BCUT2D eigenvalue weighted by Gasteiger charge is -2.19. The zero-order valence-corrected chi connectivity index (χ0v) is 17.1. The molecule has 0 aliphatic heterocycles. The van der Waals surface area contributed by atoms with Gasteiger partial charge in [0, 0.05) is 18.1 Å². The van der Waals surface area contributed by atoms with Crippen molar-refractivity contribution in [3.8, 4) is 11.5 Å². The minimum absolute atomic E-state index is 0.0199. The molecule has 0 bridgehead atoms. The van der Waals surface area contributed by atoms with Crippen LogP contribution < -0.4 is 20.3 Å². The van der Waals surface area contributed by atoms with E-state index in [1.807, 2.05) is 24.3 Å². The van der Waals surface area contributed by atoms with Crippen LogP contribution >= 0.6 is 0 Å². The number of benzene rings is 2. The SMILES string of the molecule is COc1cc(CCC(=O)NNC(=O)c2ccc(C(C)(C)C)cc2)cc(OC)c1. The van der Waals surface area contributed by atoms with E-state index in [1.54, 1.807) is 32.4 Å². The molecule has 0 aliphatic rings. The summed E-state index contributed by atoms with van der Waals surface area (Å²) in [5, 5.41) is 0. The van der Waals surface area contributed by atoms with Gasteiger partial charge in [0.1, 0.15) is 11.5 Å². The molecule has 0 fully saturated rings. The van der Waals surface area contributed by atoms with E-state index in [0.29, 0.717) is 23.5 Å². The first kappa shape index (κ1) is 21.3. The molecule has 0 aliphatic carbocycles. The summed E-state index contributed by atoms with van der Waals surface area (Å²) in [6.45, 7) is 6.33. The molecule has 0 radical (unpaired) electrons. The molecule has 0 aromatic heterocycles. The fraction of sp³-hybridized carbons (Fsp3) is 0.364. The van der Waals surface area contributed by atoms with Crippen LogP contribution in [-0.2, 0) is 16.6 Å². The maximum absolute atomic E-state index is 12.2. The Morgan fingerprint density at radius 2 is 1.46 bits per heavy atom. The van der Waals surface area contributed by atoms with Gasteiger partial charge in [0.2, 0.25) is 5.91 Å². The van der Waals surface area contributed by atoms with E-state index in [1.165, 1.54) is 0 Å². The third-order valence-corrected chi connectivity index (χ3v) is 4.38. The summed E-state index contributed by atoms with van der Waals surface area (Å²) in [6, 6.07) is 12.8. The molecule has 0 heterocycles. The molecule has 6 heteroatoms. The molecule has 0 saturated carbocycles. The number of aryl methyl sites for hydroxylation is 1. The first-order chi connectivity index (χ1) is 13.2. The number of ether oxygens (including phenoxy) is 2. The fourth-order valence-electron chi connectivity index (χ4n) is 2.65. The number of hydrogen-bond acceptors (Lipinski definition) is 4. The standard InChI is InChI=1S/C22H28N2O4/c1-22(2,3)17-9-7-16(8-10-17)21(26)24-23-20(25)11-6-15-12-18(27-4)14-19(13-15)28-5/h7-10,12-14H,6,11H2,1-5H3,(H,23,25)(H,24,26). The molecule has 0 saturated heterocycles. The van der Waals surface area contributed by atoms with E-state index in [-0.39, 0.29) is 23.7 Å². The summed E-state index contributed by atoms with van der Waals surface area (Å²) in [6.07, 6.45) is 0.717. The molecule has 0 unspecified atom stereocenters. The molecule has 2 aromatic rings. The predicted molar refractivity (Wildman–Crippen MR) is 109 cm³/mol. The summed E-state index contributed by atoms with van der Waals surface area (Å²) < 4.78 is 10.4. The van der Waals surface area contributed by atoms with Gasteiger partial charge in [0.15, 0.2) is 0 Å². The maximum atomic E-state index is 12.2. The summed E-state index contributed by atoms with van der Waals surface area (Å²) in [7, 11) is 3.16. The first-order valence-corrected chi connectivity index (χ1v) is 9.14. The molecule has 2 amide bonds. The van der Waals surface area contributed by atoms with Crippen molar-refractivity contribution >= 4 is 11.8 Å². The molecular weight excluding hydrogens is 356 g/mol. The third kappa shape index (κ3) is 6.01. The smallest absolute Gasteiger partial charge is 0.269 e. The highest BCUT2D eigenvalue weighted by Gasteiger charge is 2.14. The van der Waals surface area contributed by atoms with Gasteiger partial charge >= 0.3 is 0 Å². The summed E-state index contributed by atoms with van der Waals surface area (Å²) in [5.41, 5.74) is 7.47. The maximum Gasteiger partial charge on any atom is 0.269 e. The lowest BCUT2D eigenvalue weighted by Crippen LogP contribution is -2.41. The average Bonchev–Trinajstić information content (AvgIpc) is 2.69. The highest BCUT2D eigenvalue weighted by Crippen LogP contribution is 2.23. The molecule has 6 nitrogen and oxygen atoms in total. The Kier molecular flexibility index (Phi) is 7.04. The van der Waals surface area contributed by atoms with Crippen molar-refractivity contribution in [3.05, 3.63) is 59.2 Å². The van der Waals surface area contributed by atoms with Crippen LogP contribution in [0, 0.1) is 0 Å². The Hall–Kier alpha value is -3.02. The lowest BCUT2D eigenvalue weighted by atomic mass is 9.87. The minimum Gasteiger partial charge on any atom is -0.497 e. The number of carbonyl (C=O) groups is 2. The van der Waals surface area contributed by atoms with E-state index < -0.39 is 0 Å². The summed E-state index contributed by atoms with van der Waals surface area (Å²) >= 11 is 0. The Bertz CT molecular complexity index is 801. The van der Waals surface area contributed by atoms with Crippen LogP contribution in [0.1, 0.15) is 48.7 Å². The van der Waals surface area contributed by atoms with Crippen molar-refractivity contribution in [3.63, 3.8) is 0 Å². The van der Waals surface area contributed by atoms with Gasteiger partial charge in [-0.3, -0.25) is 20.4 Å². The quantitative estimate of drug-likeness (QED) is 0.749. The fourth-order valence-corrected chi connectivity index (χ4v) is 2.65. The predicted octanol–water partition coefficient (Wildman–Crippen LogP) is 3.40. The van der Waals surface area contributed by atoms with Crippen molar-refractivity contribution in [1.29, 1.82) is 0 Å². The summed E-state index contributed by atoms with van der Waals surface area (Å²) in [5.74, 6) is 0.710. The van der Waals surface area contributed by atoms with E-state index >= 15 is 0 Å². The highest BCUT2D eigenvalue weighted by molar-refractivity contribution is 5.95. The number of hydrazine groups is 1. The van der Waals surface area contributed by atoms with Crippen LogP contribution in [0.25, 0.3) is 0 Å². The van der Waals surface area contributed by atoms with Gasteiger partial charge in [-0.25, -0.2) is 0 Å². The number of hydrogen-bond donors (Lipinski definition) is 2. The van der Waals surface area contributed by atoms with Crippen molar-refractivity contribution in [2.75, 3.05) is 14.2 Å². The zero-order valence-electron chi connectivity index (χ0n) is 17.1. The van der Waals surface area contributed by atoms with Gasteiger partial charge in [0.05, 0.1) is 14.2 Å². The number of carbonyl (C=O) groups excluding carboxylic acids is 2. The van der Waals surface area contributed by atoms with Gasteiger partial charge in [0.25, 0.3) is 5.91 Å².